The van der Waals surface area contributed by atoms with Crippen LogP contribution in [0.25, 0.3) is 0 Å². The molecule has 0 radical (unpaired) electrons. The number of carbonyl (C=O) groups is 2. The first-order valence-electron chi connectivity index (χ1n) is 8.63. The van der Waals surface area contributed by atoms with Gasteiger partial charge >= 0.3 is 6.18 Å². The molecule has 2 aromatic rings. The zero-order chi connectivity index (χ0) is 21.1. The van der Waals surface area contributed by atoms with Gasteiger partial charge in [-0.25, -0.2) is 0 Å². The first kappa shape index (κ1) is 22.0. The van der Waals surface area contributed by atoms with E-state index in [2.05, 4.69) is 10.2 Å². The topological polar surface area (TPSA) is 95.8 Å². The number of aromatic nitrogens is 4. The highest BCUT2D eigenvalue weighted by Gasteiger charge is 2.30. The summed E-state index contributed by atoms with van der Waals surface area (Å²) >= 11 is 1.16. The van der Waals surface area contributed by atoms with E-state index in [9.17, 15) is 22.8 Å². The van der Waals surface area contributed by atoms with Gasteiger partial charge in [0, 0.05) is 36.3 Å². The van der Waals surface area contributed by atoms with E-state index >= 15 is 0 Å². The molecule has 11 heteroatoms. The lowest BCUT2D eigenvalue weighted by atomic mass is 10.2. The van der Waals surface area contributed by atoms with Crippen molar-refractivity contribution in [2.24, 2.45) is 5.73 Å². The number of halogens is 3. The van der Waals surface area contributed by atoms with Crippen LogP contribution in [0.4, 0.5) is 13.2 Å². The zero-order valence-electron chi connectivity index (χ0n) is 15.8. The molecule has 1 amide bonds. The van der Waals surface area contributed by atoms with E-state index in [-0.39, 0.29) is 23.5 Å². The van der Waals surface area contributed by atoms with Crippen LogP contribution in [-0.2, 0) is 24.3 Å². The summed E-state index contributed by atoms with van der Waals surface area (Å²) < 4.78 is 41.0. The molecule has 0 fully saturated rings. The summed E-state index contributed by atoms with van der Waals surface area (Å²) in [7, 11) is 0. The Labute approximate surface area is 164 Å². The van der Waals surface area contributed by atoms with Crippen molar-refractivity contribution in [2.45, 2.75) is 58.0 Å². The highest BCUT2D eigenvalue weighted by molar-refractivity contribution is 7.99. The maximum absolute atomic E-state index is 12.7. The van der Waals surface area contributed by atoms with Crippen LogP contribution in [-0.4, -0.2) is 43.0 Å². The Morgan fingerprint density at radius 1 is 1.21 bits per heavy atom. The second-order valence-electron chi connectivity index (χ2n) is 6.31. The molecule has 0 atom stereocenters. The van der Waals surface area contributed by atoms with Crippen LogP contribution in [0.5, 0.6) is 0 Å². The number of hydrogen-bond donors (Lipinski definition) is 1. The molecule has 0 aliphatic rings. The smallest absolute Gasteiger partial charge is 0.370 e. The van der Waals surface area contributed by atoms with E-state index in [0.717, 1.165) is 16.3 Å². The van der Waals surface area contributed by atoms with Gasteiger partial charge in [-0.3, -0.25) is 9.59 Å². The van der Waals surface area contributed by atoms with Crippen LogP contribution >= 0.6 is 11.8 Å². The van der Waals surface area contributed by atoms with Gasteiger partial charge in [0.1, 0.15) is 12.4 Å². The van der Waals surface area contributed by atoms with Gasteiger partial charge < -0.3 is 14.9 Å². The summed E-state index contributed by atoms with van der Waals surface area (Å²) in [4.78, 5) is 23.5. The number of amides is 1. The van der Waals surface area contributed by atoms with Crippen molar-refractivity contribution in [3.63, 3.8) is 0 Å². The zero-order valence-corrected chi connectivity index (χ0v) is 16.7. The largest absolute Gasteiger partial charge is 0.406 e. The number of carbonyl (C=O) groups excluding carboxylic acids is 2. The van der Waals surface area contributed by atoms with E-state index < -0.39 is 18.6 Å². The molecule has 2 aromatic heterocycles. The minimum absolute atomic E-state index is 0.0181. The molecule has 0 saturated carbocycles. The lowest BCUT2D eigenvalue weighted by Crippen LogP contribution is -2.19. The van der Waals surface area contributed by atoms with Gasteiger partial charge in [-0.2, -0.15) is 13.2 Å². The summed E-state index contributed by atoms with van der Waals surface area (Å²) in [5.41, 5.74) is 6.09. The summed E-state index contributed by atoms with van der Waals surface area (Å²) in [6.45, 7) is 4.36. The number of hydrogen-bond acceptors (Lipinski definition) is 5. The Bertz CT molecular complexity index is 873. The number of aryl methyl sites for hydroxylation is 2. The Morgan fingerprint density at radius 3 is 2.46 bits per heavy atom. The number of ketones is 1. The number of thioether (sulfide) groups is 1. The molecule has 0 aliphatic heterocycles. The van der Waals surface area contributed by atoms with Crippen LogP contribution in [0.2, 0.25) is 0 Å². The number of rotatable bonds is 9. The van der Waals surface area contributed by atoms with Gasteiger partial charge in [0.2, 0.25) is 5.91 Å². The fraction of sp³-hybridized carbons (Fsp3) is 0.529. The Morgan fingerprint density at radius 2 is 1.89 bits per heavy atom. The third-order valence-corrected chi connectivity index (χ3v) is 5.22. The lowest BCUT2D eigenvalue weighted by molar-refractivity contribution is -0.141. The van der Waals surface area contributed by atoms with Crippen LogP contribution < -0.4 is 5.73 Å². The molecular formula is C17H22F3N5O2S. The average Bonchev–Trinajstić information content (AvgIpc) is 3.11. The maximum atomic E-state index is 12.7. The van der Waals surface area contributed by atoms with E-state index in [1.54, 1.807) is 11.5 Å². The highest BCUT2D eigenvalue weighted by Crippen LogP contribution is 2.25. The van der Waals surface area contributed by atoms with Crippen LogP contribution in [0.15, 0.2) is 11.2 Å². The summed E-state index contributed by atoms with van der Waals surface area (Å²) in [5.74, 6) is -0.107. The molecule has 2 rings (SSSR count). The van der Waals surface area contributed by atoms with E-state index in [0.29, 0.717) is 35.3 Å². The molecule has 28 heavy (non-hydrogen) atoms. The molecule has 0 unspecified atom stereocenters. The second kappa shape index (κ2) is 8.80. The Kier molecular flexibility index (Phi) is 6.91. The monoisotopic (exact) mass is 417 g/mol. The fourth-order valence-corrected chi connectivity index (χ4v) is 3.78. The van der Waals surface area contributed by atoms with Gasteiger partial charge in [-0.1, -0.05) is 11.8 Å². The minimum atomic E-state index is -4.36. The molecular weight excluding hydrogens is 395 g/mol. The number of nitrogens with zero attached hydrogens (tertiary/aromatic N) is 4. The Hall–Kier alpha value is -2.30. The van der Waals surface area contributed by atoms with Crippen molar-refractivity contribution in [3.8, 4) is 0 Å². The number of alkyl halides is 3. The van der Waals surface area contributed by atoms with Gasteiger partial charge in [-0.15, -0.1) is 10.2 Å². The molecule has 0 aromatic carbocycles. The van der Waals surface area contributed by atoms with Gasteiger partial charge in [-0.05, 0) is 26.8 Å². The van der Waals surface area contributed by atoms with Crippen molar-refractivity contribution in [1.82, 2.24) is 19.3 Å². The van der Waals surface area contributed by atoms with Crippen LogP contribution in [0.1, 0.15) is 40.9 Å². The van der Waals surface area contributed by atoms with Crippen LogP contribution in [0.3, 0.4) is 0 Å². The average molecular weight is 417 g/mol. The molecule has 2 N–H and O–H groups in total. The molecule has 154 valence electrons. The van der Waals surface area contributed by atoms with Crippen molar-refractivity contribution in [2.75, 3.05) is 5.75 Å². The number of nitrogens with two attached hydrogens (primary N) is 1. The molecule has 2 heterocycles. The number of Topliss-reactive ketones (excluding diaryl/α,β-unsaturated/α-hetero) is 1. The van der Waals surface area contributed by atoms with E-state index in [1.807, 2.05) is 6.92 Å². The van der Waals surface area contributed by atoms with Gasteiger partial charge in [0.05, 0.1) is 5.75 Å². The van der Waals surface area contributed by atoms with E-state index in [1.165, 1.54) is 13.0 Å². The third-order valence-electron chi connectivity index (χ3n) is 4.25. The van der Waals surface area contributed by atoms with Gasteiger partial charge in [0.15, 0.2) is 10.9 Å². The third kappa shape index (κ3) is 5.37. The predicted octanol–water partition coefficient (Wildman–Crippen LogP) is 2.67. The number of primary amides is 1. The summed E-state index contributed by atoms with van der Waals surface area (Å²) in [6.07, 6.45) is -3.86. The molecule has 0 bridgehead atoms. The molecule has 0 aliphatic carbocycles. The van der Waals surface area contributed by atoms with E-state index in [4.69, 9.17) is 5.73 Å². The van der Waals surface area contributed by atoms with Crippen molar-refractivity contribution in [3.05, 3.63) is 28.8 Å². The van der Waals surface area contributed by atoms with Crippen molar-refractivity contribution in [1.29, 1.82) is 0 Å². The first-order chi connectivity index (χ1) is 13.0. The van der Waals surface area contributed by atoms with Crippen LogP contribution in [0, 0.1) is 13.8 Å². The first-order valence-corrected chi connectivity index (χ1v) is 9.62. The minimum Gasteiger partial charge on any atom is -0.370 e. The Balaban J connectivity index is 2.11. The summed E-state index contributed by atoms with van der Waals surface area (Å²) in [6, 6.07) is 1.48. The fourth-order valence-electron chi connectivity index (χ4n) is 2.88. The predicted molar refractivity (Wildman–Crippen MR) is 98.2 cm³/mol. The normalized spacial score (nSPS) is 11.8. The quantitative estimate of drug-likeness (QED) is 0.500. The maximum Gasteiger partial charge on any atom is 0.406 e. The molecule has 0 spiro atoms. The standard InChI is InChI=1S/C17H22F3N5O2S/c1-4-24-15(6-5-14(21)27)22-23-16(24)28-8-13(26)12-7-10(2)25(11(12)3)9-17(18,19)20/h7H,4-6,8-9H2,1-3H3,(H2,21,27). The summed E-state index contributed by atoms with van der Waals surface area (Å²) in [5, 5.41) is 8.58. The molecule has 0 saturated heterocycles. The van der Waals surface area contributed by atoms with Gasteiger partial charge in [0.25, 0.3) is 0 Å². The van der Waals surface area contributed by atoms with Crippen molar-refractivity contribution >= 4 is 23.5 Å². The highest BCUT2D eigenvalue weighted by atomic mass is 32.2. The van der Waals surface area contributed by atoms with Crippen molar-refractivity contribution < 1.29 is 22.8 Å². The SMILES string of the molecule is CCn1c(CCC(N)=O)nnc1SCC(=O)c1cc(C)n(CC(F)(F)F)c1C. The second-order valence-corrected chi connectivity index (χ2v) is 7.25. The lowest BCUT2D eigenvalue weighted by Gasteiger charge is -2.12. The molecule has 7 nitrogen and oxygen atoms in total.